The summed E-state index contributed by atoms with van der Waals surface area (Å²) in [5.41, 5.74) is -0.495. The summed E-state index contributed by atoms with van der Waals surface area (Å²) >= 11 is 4.74. The zero-order chi connectivity index (χ0) is 20.7. The highest BCUT2D eigenvalue weighted by molar-refractivity contribution is 9.10. The quantitative estimate of drug-likeness (QED) is 0.330. The molecule has 0 aliphatic carbocycles. The van der Waals surface area contributed by atoms with Crippen LogP contribution in [0.4, 0.5) is 0 Å². The highest BCUT2D eigenvalue weighted by Gasteiger charge is 2.26. The van der Waals surface area contributed by atoms with E-state index in [9.17, 15) is 4.79 Å². The third-order valence-corrected chi connectivity index (χ3v) is 4.77. The van der Waals surface area contributed by atoms with Gasteiger partial charge in [0.1, 0.15) is 12.4 Å². The SMILES string of the molecule is CSC(Oc1ccc2ncc(Br)cc2c1)C(=O)NC(C)(C)C=NOCC(C)C. The van der Waals surface area contributed by atoms with Crippen LogP contribution in [0, 0.1) is 5.92 Å². The maximum absolute atomic E-state index is 12.7. The van der Waals surface area contributed by atoms with E-state index < -0.39 is 11.0 Å². The number of thioether (sulfide) groups is 1. The zero-order valence-electron chi connectivity index (χ0n) is 16.7. The molecule has 0 saturated heterocycles. The minimum absolute atomic E-state index is 0.236. The molecule has 1 aromatic carbocycles. The van der Waals surface area contributed by atoms with Crippen molar-refractivity contribution in [3.8, 4) is 5.75 Å². The number of carbonyl (C=O) groups is 1. The molecule has 0 fully saturated rings. The number of fused-ring (bicyclic) bond motifs is 1. The third kappa shape index (κ3) is 6.98. The van der Waals surface area contributed by atoms with Crippen molar-refractivity contribution in [1.82, 2.24) is 10.3 Å². The Hall–Kier alpha value is -1.80. The number of benzene rings is 1. The Balaban J connectivity index is 2.02. The van der Waals surface area contributed by atoms with Crippen molar-refractivity contribution in [3.63, 3.8) is 0 Å². The topological polar surface area (TPSA) is 72.8 Å². The first kappa shape index (κ1) is 22.5. The molecule has 6 nitrogen and oxygen atoms in total. The van der Waals surface area contributed by atoms with Crippen molar-refractivity contribution in [3.05, 3.63) is 34.9 Å². The molecule has 0 bridgehead atoms. The number of carbonyl (C=O) groups excluding carboxylic acids is 1. The number of pyridine rings is 1. The zero-order valence-corrected chi connectivity index (χ0v) is 19.1. The van der Waals surface area contributed by atoms with Gasteiger partial charge in [0, 0.05) is 16.1 Å². The number of ether oxygens (including phenoxy) is 1. The number of rotatable bonds is 9. The van der Waals surface area contributed by atoms with Crippen molar-refractivity contribution in [1.29, 1.82) is 0 Å². The molecule has 28 heavy (non-hydrogen) atoms. The smallest absolute Gasteiger partial charge is 0.272 e. The van der Waals surface area contributed by atoms with Gasteiger partial charge in [-0.2, -0.15) is 0 Å². The van der Waals surface area contributed by atoms with Crippen LogP contribution in [-0.2, 0) is 9.63 Å². The van der Waals surface area contributed by atoms with Gasteiger partial charge < -0.3 is 14.9 Å². The number of amides is 1. The summed E-state index contributed by atoms with van der Waals surface area (Å²) in [6.07, 6.45) is 5.16. The first-order chi connectivity index (χ1) is 13.2. The van der Waals surface area contributed by atoms with Gasteiger partial charge in [-0.3, -0.25) is 9.78 Å². The molecule has 0 saturated carbocycles. The lowest BCUT2D eigenvalue weighted by Gasteiger charge is -2.24. The van der Waals surface area contributed by atoms with E-state index in [0.717, 1.165) is 15.4 Å². The number of nitrogens with zero attached hydrogens (tertiary/aromatic N) is 2. The normalized spacial score (nSPS) is 13.1. The van der Waals surface area contributed by atoms with E-state index in [1.807, 2.05) is 58.2 Å². The molecular weight excluding hydrogens is 442 g/mol. The molecular formula is C20H26BrN3O3S. The monoisotopic (exact) mass is 467 g/mol. The van der Waals surface area contributed by atoms with Gasteiger partial charge in [-0.05, 0) is 66.2 Å². The van der Waals surface area contributed by atoms with Crippen LogP contribution in [0.3, 0.4) is 0 Å². The van der Waals surface area contributed by atoms with Crippen LogP contribution in [0.15, 0.2) is 40.1 Å². The number of nitrogens with one attached hydrogen (secondary N) is 1. The fraction of sp³-hybridized carbons (Fsp3) is 0.450. The predicted molar refractivity (Wildman–Crippen MR) is 119 cm³/mol. The Bertz CT molecular complexity index is 843. The van der Waals surface area contributed by atoms with Gasteiger partial charge in [-0.25, -0.2) is 0 Å². The van der Waals surface area contributed by atoms with Crippen molar-refractivity contribution in [2.75, 3.05) is 12.9 Å². The summed E-state index contributed by atoms with van der Waals surface area (Å²) in [7, 11) is 0. The van der Waals surface area contributed by atoms with Crippen LogP contribution in [0.1, 0.15) is 27.7 Å². The van der Waals surface area contributed by atoms with Crippen molar-refractivity contribution >= 4 is 50.7 Å². The second-order valence-electron chi connectivity index (χ2n) is 7.33. The molecule has 0 aliphatic rings. The van der Waals surface area contributed by atoms with E-state index in [4.69, 9.17) is 9.57 Å². The highest BCUT2D eigenvalue weighted by atomic mass is 79.9. The van der Waals surface area contributed by atoms with Gasteiger partial charge in [0.15, 0.2) is 0 Å². The van der Waals surface area contributed by atoms with E-state index in [1.165, 1.54) is 11.8 Å². The number of halogens is 1. The summed E-state index contributed by atoms with van der Waals surface area (Å²) in [5.74, 6) is 0.760. The molecule has 1 heterocycles. The van der Waals surface area contributed by atoms with Gasteiger partial charge in [-0.15, -0.1) is 11.8 Å². The Kier molecular flexibility index (Phi) is 8.12. The number of hydrogen-bond acceptors (Lipinski definition) is 6. The maximum Gasteiger partial charge on any atom is 0.272 e. The van der Waals surface area contributed by atoms with Crippen molar-refractivity contribution in [2.45, 2.75) is 38.7 Å². The molecule has 2 aromatic rings. The molecule has 0 aliphatic heterocycles. The van der Waals surface area contributed by atoms with E-state index in [0.29, 0.717) is 18.3 Å². The Labute approximate surface area is 178 Å². The van der Waals surface area contributed by atoms with Crippen molar-refractivity contribution < 1.29 is 14.4 Å². The van der Waals surface area contributed by atoms with Crippen LogP contribution >= 0.6 is 27.7 Å². The van der Waals surface area contributed by atoms with Crippen LogP contribution < -0.4 is 10.1 Å². The molecule has 0 spiro atoms. The second kappa shape index (κ2) is 10.1. The largest absolute Gasteiger partial charge is 0.470 e. The molecule has 1 atom stereocenters. The van der Waals surface area contributed by atoms with E-state index in [1.54, 1.807) is 12.4 Å². The number of hydrogen-bond donors (Lipinski definition) is 1. The minimum Gasteiger partial charge on any atom is -0.470 e. The minimum atomic E-state index is -0.693. The van der Waals surface area contributed by atoms with Gasteiger partial charge in [0.05, 0.1) is 17.3 Å². The molecule has 2 rings (SSSR count). The first-order valence-corrected chi connectivity index (χ1v) is 11.0. The van der Waals surface area contributed by atoms with Gasteiger partial charge >= 0.3 is 0 Å². The lowest BCUT2D eigenvalue weighted by atomic mass is 10.1. The Morgan fingerprint density at radius 3 is 2.82 bits per heavy atom. The van der Waals surface area contributed by atoms with Crippen LogP contribution in [0.2, 0.25) is 0 Å². The Morgan fingerprint density at radius 2 is 2.14 bits per heavy atom. The summed E-state index contributed by atoms with van der Waals surface area (Å²) < 4.78 is 6.79. The third-order valence-electron chi connectivity index (χ3n) is 3.59. The van der Waals surface area contributed by atoms with Gasteiger partial charge in [0.25, 0.3) is 5.91 Å². The van der Waals surface area contributed by atoms with E-state index in [-0.39, 0.29) is 5.91 Å². The van der Waals surface area contributed by atoms with Crippen LogP contribution in [-0.4, -0.2) is 40.9 Å². The molecule has 8 heteroatoms. The summed E-state index contributed by atoms with van der Waals surface area (Å²) in [4.78, 5) is 22.2. The predicted octanol–water partition coefficient (Wildman–Crippen LogP) is 4.62. The Morgan fingerprint density at radius 1 is 1.39 bits per heavy atom. The number of aromatic nitrogens is 1. The van der Waals surface area contributed by atoms with Crippen LogP contribution in [0.5, 0.6) is 5.75 Å². The standard InChI is InChI=1S/C20H26BrN3O3S/c1-13(2)11-26-23-12-20(3,4)24-18(25)19(28-5)27-16-6-7-17-14(9-16)8-15(21)10-22-17/h6-10,12-13,19H,11H2,1-5H3,(H,24,25). The molecule has 0 radical (unpaired) electrons. The lowest BCUT2D eigenvalue weighted by Crippen LogP contribution is -2.49. The van der Waals surface area contributed by atoms with E-state index >= 15 is 0 Å². The average molecular weight is 468 g/mol. The molecule has 1 unspecified atom stereocenters. The summed E-state index contributed by atoms with van der Waals surface area (Å²) in [5, 5.41) is 7.81. The highest BCUT2D eigenvalue weighted by Crippen LogP contribution is 2.24. The van der Waals surface area contributed by atoms with E-state index in [2.05, 4.69) is 31.4 Å². The second-order valence-corrected chi connectivity index (χ2v) is 9.14. The summed E-state index contributed by atoms with van der Waals surface area (Å²) in [6, 6.07) is 7.51. The molecule has 152 valence electrons. The van der Waals surface area contributed by atoms with Crippen molar-refractivity contribution in [2.24, 2.45) is 11.1 Å². The lowest BCUT2D eigenvalue weighted by molar-refractivity contribution is -0.125. The average Bonchev–Trinajstić information content (AvgIpc) is 2.62. The molecule has 1 N–H and O–H groups in total. The molecule has 1 amide bonds. The fourth-order valence-corrected chi connectivity index (χ4v) is 3.09. The first-order valence-electron chi connectivity index (χ1n) is 8.93. The fourth-order valence-electron chi connectivity index (χ4n) is 2.26. The summed E-state index contributed by atoms with van der Waals surface area (Å²) in [6.45, 7) is 8.33. The van der Waals surface area contributed by atoms with Crippen LogP contribution in [0.25, 0.3) is 10.9 Å². The number of oxime groups is 1. The van der Waals surface area contributed by atoms with Gasteiger partial charge in [0.2, 0.25) is 5.44 Å². The molecule has 1 aromatic heterocycles. The van der Waals surface area contributed by atoms with Gasteiger partial charge in [-0.1, -0.05) is 19.0 Å². The maximum atomic E-state index is 12.7.